The molecular formula is C20H35N3O2. The number of carbonyl (C=O) groups is 1. The molecule has 1 saturated carbocycles. The van der Waals surface area contributed by atoms with Crippen molar-refractivity contribution in [2.24, 2.45) is 11.8 Å². The Kier molecular flexibility index (Phi) is 5.51. The van der Waals surface area contributed by atoms with Gasteiger partial charge in [-0.3, -0.25) is 0 Å². The zero-order chi connectivity index (χ0) is 17.1. The van der Waals surface area contributed by atoms with Gasteiger partial charge in [0, 0.05) is 25.7 Å². The van der Waals surface area contributed by atoms with E-state index in [1.807, 2.05) is 0 Å². The molecule has 0 bridgehead atoms. The number of piperidine rings is 1. The van der Waals surface area contributed by atoms with Crippen molar-refractivity contribution in [3.63, 3.8) is 0 Å². The van der Waals surface area contributed by atoms with Gasteiger partial charge in [0.05, 0.1) is 5.60 Å². The number of hydrogen-bond donors (Lipinski definition) is 2. The molecule has 2 atom stereocenters. The molecule has 0 aromatic heterocycles. The smallest absolute Gasteiger partial charge is 0.317 e. The first-order valence-electron chi connectivity index (χ1n) is 10.6. The van der Waals surface area contributed by atoms with Gasteiger partial charge >= 0.3 is 6.03 Å². The highest BCUT2D eigenvalue weighted by molar-refractivity contribution is 5.74. The molecule has 2 amide bonds. The fraction of sp³-hybridized carbons (Fsp3) is 0.950. The topological polar surface area (TPSA) is 53.6 Å². The van der Waals surface area contributed by atoms with E-state index < -0.39 is 0 Å². The number of rotatable bonds is 2. The molecule has 2 N–H and O–H groups in total. The van der Waals surface area contributed by atoms with Gasteiger partial charge in [-0.2, -0.15) is 0 Å². The van der Waals surface area contributed by atoms with Crippen molar-refractivity contribution >= 4 is 6.03 Å². The highest BCUT2D eigenvalue weighted by Crippen LogP contribution is 2.38. The normalized spacial score (nSPS) is 33.5. The van der Waals surface area contributed by atoms with Gasteiger partial charge in [-0.15, -0.1) is 0 Å². The van der Waals surface area contributed by atoms with E-state index in [-0.39, 0.29) is 11.6 Å². The number of likely N-dealkylation sites (tertiary alicyclic amines) is 1. The number of nitrogens with one attached hydrogen (secondary N) is 2. The second-order valence-corrected chi connectivity index (χ2v) is 8.81. The van der Waals surface area contributed by atoms with Gasteiger partial charge in [0.1, 0.15) is 0 Å². The maximum absolute atomic E-state index is 12.7. The van der Waals surface area contributed by atoms with E-state index in [0.717, 1.165) is 44.4 Å². The molecule has 5 nitrogen and oxygen atoms in total. The van der Waals surface area contributed by atoms with Crippen LogP contribution in [-0.2, 0) is 4.74 Å². The van der Waals surface area contributed by atoms with Crippen LogP contribution in [0.4, 0.5) is 4.79 Å². The molecular weight excluding hydrogens is 314 g/mol. The van der Waals surface area contributed by atoms with Gasteiger partial charge in [-0.25, -0.2) is 4.79 Å². The minimum Gasteiger partial charge on any atom is -0.375 e. The van der Waals surface area contributed by atoms with Crippen LogP contribution in [0.15, 0.2) is 0 Å². The van der Waals surface area contributed by atoms with Gasteiger partial charge < -0.3 is 20.3 Å². The van der Waals surface area contributed by atoms with E-state index in [1.54, 1.807) is 0 Å². The Morgan fingerprint density at radius 2 is 1.84 bits per heavy atom. The molecule has 3 saturated heterocycles. The molecule has 1 aliphatic carbocycles. The SMILES string of the molecule is O=C(NC1CCOC2(CCCCC2)C1)N1CCC(C2CCNC2)CC1. The number of carbonyl (C=O) groups excluding carboxylic acids is 1. The lowest BCUT2D eigenvalue weighted by Crippen LogP contribution is -2.53. The first kappa shape index (κ1) is 17.6. The summed E-state index contributed by atoms with van der Waals surface area (Å²) in [5.41, 5.74) is 0.0664. The second-order valence-electron chi connectivity index (χ2n) is 8.81. The lowest BCUT2D eigenvalue weighted by molar-refractivity contribution is -0.108. The summed E-state index contributed by atoms with van der Waals surface area (Å²) in [6.07, 6.45) is 11.9. The van der Waals surface area contributed by atoms with Gasteiger partial charge in [-0.1, -0.05) is 19.3 Å². The summed E-state index contributed by atoms with van der Waals surface area (Å²) in [5, 5.41) is 6.82. The van der Waals surface area contributed by atoms with E-state index >= 15 is 0 Å². The Bertz CT molecular complexity index is 444. The Labute approximate surface area is 152 Å². The van der Waals surface area contributed by atoms with Crippen LogP contribution < -0.4 is 10.6 Å². The zero-order valence-corrected chi connectivity index (χ0v) is 15.6. The summed E-state index contributed by atoms with van der Waals surface area (Å²) in [4.78, 5) is 14.8. The van der Waals surface area contributed by atoms with Crippen molar-refractivity contribution < 1.29 is 9.53 Å². The third kappa shape index (κ3) is 4.13. The van der Waals surface area contributed by atoms with Crippen LogP contribution in [0.5, 0.6) is 0 Å². The van der Waals surface area contributed by atoms with Crippen LogP contribution in [0, 0.1) is 11.8 Å². The van der Waals surface area contributed by atoms with Crippen molar-refractivity contribution in [1.82, 2.24) is 15.5 Å². The summed E-state index contributed by atoms with van der Waals surface area (Å²) in [5.74, 6) is 1.65. The maximum atomic E-state index is 12.7. The first-order chi connectivity index (χ1) is 12.2. The molecule has 4 fully saturated rings. The largest absolute Gasteiger partial charge is 0.375 e. The standard InChI is InChI=1S/C20H35N3O2/c24-19(23-11-5-16(6-12-23)17-4-10-21-15-17)22-18-7-13-25-20(14-18)8-2-1-3-9-20/h16-18,21H,1-15H2,(H,22,24). The predicted octanol–water partition coefficient (Wildman–Crippen LogP) is 2.90. The quantitative estimate of drug-likeness (QED) is 0.806. The van der Waals surface area contributed by atoms with Gasteiger partial charge in [0.2, 0.25) is 0 Å². The molecule has 5 heteroatoms. The van der Waals surface area contributed by atoms with Crippen LogP contribution in [-0.4, -0.2) is 55.4 Å². The summed E-state index contributed by atoms with van der Waals surface area (Å²) in [6.45, 7) is 5.03. The molecule has 4 rings (SSSR count). The van der Waals surface area contributed by atoms with Crippen molar-refractivity contribution in [3.8, 4) is 0 Å². The van der Waals surface area contributed by atoms with Crippen LogP contribution >= 0.6 is 0 Å². The lowest BCUT2D eigenvalue weighted by atomic mass is 9.78. The minimum atomic E-state index is 0.0664. The monoisotopic (exact) mass is 349 g/mol. The fourth-order valence-electron chi connectivity index (χ4n) is 5.61. The third-order valence-corrected chi connectivity index (χ3v) is 7.18. The zero-order valence-electron chi connectivity index (χ0n) is 15.6. The summed E-state index contributed by atoms with van der Waals surface area (Å²) in [6, 6.07) is 0.469. The van der Waals surface area contributed by atoms with Crippen molar-refractivity contribution in [1.29, 1.82) is 0 Å². The number of ether oxygens (including phenoxy) is 1. The third-order valence-electron chi connectivity index (χ3n) is 7.18. The molecule has 2 unspecified atom stereocenters. The molecule has 4 aliphatic rings. The van der Waals surface area contributed by atoms with E-state index in [9.17, 15) is 4.79 Å². The van der Waals surface area contributed by atoms with Gasteiger partial charge in [-0.05, 0) is 69.9 Å². The van der Waals surface area contributed by atoms with Crippen molar-refractivity contribution in [2.75, 3.05) is 32.8 Å². The second kappa shape index (κ2) is 7.83. The number of hydrogen-bond acceptors (Lipinski definition) is 3. The number of urea groups is 1. The number of nitrogens with zero attached hydrogens (tertiary/aromatic N) is 1. The lowest BCUT2D eigenvalue weighted by Gasteiger charge is -2.44. The summed E-state index contributed by atoms with van der Waals surface area (Å²) in [7, 11) is 0. The van der Waals surface area contributed by atoms with Crippen LogP contribution in [0.3, 0.4) is 0 Å². The average Bonchev–Trinajstić information content (AvgIpc) is 3.17. The van der Waals surface area contributed by atoms with Crippen molar-refractivity contribution in [3.05, 3.63) is 0 Å². The van der Waals surface area contributed by atoms with Crippen molar-refractivity contribution in [2.45, 2.75) is 75.9 Å². The predicted molar refractivity (Wildman–Crippen MR) is 98.6 cm³/mol. The molecule has 0 aromatic carbocycles. The Hall–Kier alpha value is -0.810. The van der Waals surface area contributed by atoms with Crippen LogP contribution in [0.1, 0.15) is 64.2 Å². The average molecular weight is 350 g/mol. The Morgan fingerprint density at radius 1 is 1.04 bits per heavy atom. The van der Waals surface area contributed by atoms with Crippen LogP contribution in [0.25, 0.3) is 0 Å². The van der Waals surface area contributed by atoms with E-state index in [1.165, 1.54) is 64.5 Å². The molecule has 3 aliphatic heterocycles. The molecule has 25 heavy (non-hydrogen) atoms. The Morgan fingerprint density at radius 3 is 2.56 bits per heavy atom. The molecule has 0 aromatic rings. The number of amides is 2. The summed E-state index contributed by atoms with van der Waals surface area (Å²) < 4.78 is 6.16. The van der Waals surface area contributed by atoms with Crippen LogP contribution in [0.2, 0.25) is 0 Å². The fourth-order valence-corrected chi connectivity index (χ4v) is 5.61. The Balaban J connectivity index is 1.24. The first-order valence-corrected chi connectivity index (χ1v) is 10.6. The molecule has 0 radical (unpaired) electrons. The van der Waals surface area contributed by atoms with Gasteiger partial charge in [0.25, 0.3) is 0 Å². The van der Waals surface area contributed by atoms with E-state index in [0.29, 0.717) is 6.04 Å². The molecule has 3 heterocycles. The minimum absolute atomic E-state index is 0.0664. The highest BCUT2D eigenvalue weighted by Gasteiger charge is 2.39. The van der Waals surface area contributed by atoms with E-state index in [2.05, 4.69) is 15.5 Å². The molecule has 142 valence electrons. The van der Waals surface area contributed by atoms with Gasteiger partial charge in [0.15, 0.2) is 0 Å². The highest BCUT2D eigenvalue weighted by atomic mass is 16.5. The molecule has 1 spiro atoms. The summed E-state index contributed by atoms with van der Waals surface area (Å²) >= 11 is 0. The maximum Gasteiger partial charge on any atom is 0.317 e. The van der Waals surface area contributed by atoms with E-state index in [4.69, 9.17) is 4.74 Å².